The first-order valence-electron chi connectivity index (χ1n) is 4.68. The van der Waals surface area contributed by atoms with E-state index in [1.54, 1.807) is 0 Å². The molecule has 0 aliphatic heterocycles. The van der Waals surface area contributed by atoms with E-state index in [1.807, 2.05) is 0 Å². The molecular weight excluding hydrogens is 335 g/mol. The van der Waals surface area contributed by atoms with Gasteiger partial charge in [0.15, 0.2) is 0 Å². The van der Waals surface area contributed by atoms with Gasteiger partial charge in [-0.05, 0) is 0 Å². The Morgan fingerprint density at radius 1 is 1.40 bits per heavy atom. The van der Waals surface area contributed by atoms with Gasteiger partial charge in [-0.1, -0.05) is 0 Å². The summed E-state index contributed by atoms with van der Waals surface area (Å²) in [7, 11) is 0.289. The average molecular weight is 341 g/mol. The lowest BCUT2D eigenvalue weighted by Crippen LogP contribution is -2.20. The maximum absolute atomic E-state index is 12.8. The van der Waals surface area contributed by atoms with Crippen molar-refractivity contribution >= 4 is 19.7 Å². The summed E-state index contributed by atoms with van der Waals surface area (Å²) in [4.78, 5) is 2.00. The highest BCUT2D eigenvalue weighted by Crippen LogP contribution is 2.34. The van der Waals surface area contributed by atoms with Crippen molar-refractivity contribution in [3.63, 3.8) is 0 Å². The number of nitrogens with zero attached hydrogens (tertiary/aromatic N) is 1. The molecule has 0 radical (unpaired) electrons. The summed E-state index contributed by atoms with van der Waals surface area (Å²) in [5, 5.41) is 0. The molecule has 12 heteroatoms. The van der Waals surface area contributed by atoms with Crippen LogP contribution >= 0.6 is 10.7 Å². The van der Waals surface area contributed by atoms with Crippen molar-refractivity contribution in [2.24, 2.45) is 5.73 Å². The Hall–Kier alpha value is -1.20. The standard InChI is InChI=1S/C8H6ClF5N2O3S/c9-20(17,18)6-3(7(10)11)1-5(16-4(6)2-15)19-8(12,13)14/h1,7H,2,15H2. The first-order chi connectivity index (χ1) is 8.95. The fourth-order valence-electron chi connectivity index (χ4n) is 1.33. The Bertz CT molecular complexity index is 605. The zero-order valence-electron chi connectivity index (χ0n) is 9.29. The summed E-state index contributed by atoms with van der Waals surface area (Å²) in [5.41, 5.74) is 3.06. The monoisotopic (exact) mass is 340 g/mol. The number of ether oxygens (including phenoxy) is 1. The number of hydrogen-bond donors (Lipinski definition) is 1. The van der Waals surface area contributed by atoms with Gasteiger partial charge in [0, 0.05) is 28.9 Å². The van der Waals surface area contributed by atoms with Gasteiger partial charge in [-0.2, -0.15) is 0 Å². The summed E-state index contributed by atoms with van der Waals surface area (Å²) < 4.78 is 87.4. The Morgan fingerprint density at radius 2 is 1.95 bits per heavy atom. The van der Waals surface area contributed by atoms with Crippen LogP contribution in [-0.4, -0.2) is 19.8 Å². The second-order valence-electron chi connectivity index (χ2n) is 3.32. The van der Waals surface area contributed by atoms with Gasteiger partial charge in [0.05, 0.1) is 5.69 Å². The SMILES string of the molecule is NCc1nc(OC(F)(F)F)cc(C(F)F)c1S(=O)(=O)Cl. The van der Waals surface area contributed by atoms with E-state index in [0.29, 0.717) is 0 Å². The molecule has 0 fully saturated rings. The van der Waals surface area contributed by atoms with Crippen molar-refractivity contribution in [2.45, 2.75) is 24.2 Å². The van der Waals surface area contributed by atoms with Crippen molar-refractivity contribution in [3.8, 4) is 5.88 Å². The minimum atomic E-state index is -5.18. The van der Waals surface area contributed by atoms with E-state index in [0.717, 1.165) is 0 Å². The maximum atomic E-state index is 12.8. The Balaban J connectivity index is 3.55. The van der Waals surface area contributed by atoms with E-state index in [2.05, 4.69) is 9.72 Å². The van der Waals surface area contributed by atoms with Gasteiger partial charge in [-0.15, -0.1) is 13.2 Å². The summed E-state index contributed by atoms with van der Waals surface area (Å²) in [6, 6.07) is 0.145. The van der Waals surface area contributed by atoms with Crippen LogP contribution in [0.15, 0.2) is 11.0 Å². The number of alkyl halides is 5. The molecule has 0 atom stereocenters. The van der Waals surface area contributed by atoms with Crippen LogP contribution in [0.2, 0.25) is 0 Å². The van der Waals surface area contributed by atoms with E-state index >= 15 is 0 Å². The normalized spacial score (nSPS) is 12.8. The second-order valence-corrected chi connectivity index (χ2v) is 5.82. The molecule has 1 rings (SSSR count). The number of aromatic nitrogens is 1. The third kappa shape index (κ3) is 4.15. The highest BCUT2D eigenvalue weighted by molar-refractivity contribution is 8.13. The molecule has 1 heterocycles. The van der Waals surface area contributed by atoms with Crippen LogP contribution in [0.25, 0.3) is 0 Å². The predicted octanol–water partition coefficient (Wildman–Crippen LogP) is 2.30. The van der Waals surface area contributed by atoms with Crippen LogP contribution in [0.3, 0.4) is 0 Å². The van der Waals surface area contributed by atoms with E-state index in [-0.39, 0.29) is 6.07 Å². The van der Waals surface area contributed by atoms with Gasteiger partial charge in [0.25, 0.3) is 15.5 Å². The molecule has 0 aromatic carbocycles. The maximum Gasteiger partial charge on any atom is 0.574 e. The molecule has 1 aromatic heterocycles. The topological polar surface area (TPSA) is 82.3 Å². The lowest BCUT2D eigenvalue weighted by Gasteiger charge is -2.14. The first-order valence-corrected chi connectivity index (χ1v) is 6.99. The molecule has 0 spiro atoms. The molecule has 0 bridgehead atoms. The van der Waals surface area contributed by atoms with Crippen LogP contribution in [0.1, 0.15) is 17.7 Å². The van der Waals surface area contributed by atoms with E-state index < -0.39 is 50.4 Å². The summed E-state index contributed by atoms with van der Waals surface area (Å²) in [6.45, 7) is -0.726. The average Bonchev–Trinajstić information content (AvgIpc) is 2.23. The van der Waals surface area contributed by atoms with Crippen LogP contribution in [0, 0.1) is 0 Å². The summed E-state index contributed by atoms with van der Waals surface area (Å²) in [5.74, 6) is -1.25. The molecule has 0 aliphatic rings. The molecule has 20 heavy (non-hydrogen) atoms. The lowest BCUT2D eigenvalue weighted by molar-refractivity contribution is -0.276. The molecule has 0 saturated carbocycles. The van der Waals surface area contributed by atoms with Gasteiger partial charge in [-0.3, -0.25) is 0 Å². The Morgan fingerprint density at radius 3 is 2.30 bits per heavy atom. The van der Waals surface area contributed by atoms with Gasteiger partial charge in [0.1, 0.15) is 4.90 Å². The molecule has 2 N–H and O–H groups in total. The van der Waals surface area contributed by atoms with E-state index in [9.17, 15) is 30.4 Å². The van der Waals surface area contributed by atoms with Gasteiger partial charge < -0.3 is 10.5 Å². The minimum Gasteiger partial charge on any atom is -0.388 e. The molecular formula is C8H6ClF5N2O3S. The van der Waals surface area contributed by atoms with Crippen LogP contribution in [0.5, 0.6) is 5.88 Å². The fraction of sp³-hybridized carbons (Fsp3) is 0.375. The van der Waals surface area contributed by atoms with E-state index in [1.165, 1.54) is 0 Å². The zero-order chi connectivity index (χ0) is 15.7. The highest BCUT2D eigenvalue weighted by atomic mass is 35.7. The zero-order valence-corrected chi connectivity index (χ0v) is 10.9. The molecule has 1 aromatic rings. The Labute approximate surface area is 113 Å². The van der Waals surface area contributed by atoms with Gasteiger partial charge in [-0.25, -0.2) is 22.2 Å². The molecule has 114 valence electrons. The van der Waals surface area contributed by atoms with Crippen molar-refractivity contribution in [1.29, 1.82) is 0 Å². The number of nitrogens with two attached hydrogens (primary N) is 1. The first kappa shape index (κ1) is 16.9. The van der Waals surface area contributed by atoms with Gasteiger partial charge >= 0.3 is 6.36 Å². The smallest absolute Gasteiger partial charge is 0.388 e. The highest BCUT2D eigenvalue weighted by Gasteiger charge is 2.34. The number of hydrogen-bond acceptors (Lipinski definition) is 5. The lowest BCUT2D eigenvalue weighted by atomic mass is 10.2. The molecule has 5 nitrogen and oxygen atoms in total. The van der Waals surface area contributed by atoms with Crippen LogP contribution in [0.4, 0.5) is 22.0 Å². The third-order valence-corrected chi connectivity index (χ3v) is 3.36. The molecule has 0 unspecified atom stereocenters. The quantitative estimate of drug-likeness (QED) is 0.672. The second kappa shape index (κ2) is 5.66. The largest absolute Gasteiger partial charge is 0.574 e. The fourth-order valence-corrected chi connectivity index (χ4v) is 2.71. The van der Waals surface area contributed by atoms with Crippen molar-refractivity contribution in [1.82, 2.24) is 4.98 Å². The van der Waals surface area contributed by atoms with Crippen molar-refractivity contribution < 1.29 is 35.1 Å². The molecule has 0 amide bonds. The molecule has 0 aliphatic carbocycles. The number of pyridine rings is 1. The molecule has 0 saturated heterocycles. The predicted molar refractivity (Wildman–Crippen MR) is 56.8 cm³/mol. The van der Waals surface area contributed by atoms with Crippen LogP contribution in [-0.2, 0) is 15.6 Å². The summed E-state index contributed by atoms with van der Waals surface area (Å²) >= 11 is 0. The third-order valence-electron chi connectivity index (χ3n) is 1.94. The van der Waals surface area contributed by atoms with Crippen LogP contribution < -0.4 is 10.5 Å². The van der Waals surface area contributed by atoms with E-state index in [4.69, 9.17) is 16.4 Å². The number of rotatable bonds is 4. The number of halogens is 6. The van der Waals surface area contributed by atoms with Crippen molar-refractivity contribution in [3.05, 3.63) is 17.3 Å². The van der Waals surface area contributed by atoms with Crippen molar-refractivity contribution in [2.75, 3.05) is 0 Å². The minimum absolute atomic E-state index is 0.145. The Kier molecular flexibility index (Phi) is 4.77. The summed E-state index contributed by atoms with van der Waals surface area (Å²) in [6.07, 6.45) is -8.60. The van der Waals surface area contributed by atoms with Gasteiger partial charge in [0.2, 0.25) is 5.88 Å².